The molecule has 1 heterocycles. The molecule has 0 radical (unpaired) electrons. The van der Waals surface area contributed by atoms with Gasteiger partial charge < -0.3 is 20.8 Å². The summed E-state index contributed by atoms with van der Waals surface area (Å²) in [5.74, 6) is 0.602. The number of benzene rings is 2. The number of anilines is 2. The Kier molecular flexibility index (Phi) is 3.08. The van der Waals surface area contributed by atoms with Crippen molar-refractivity contribution in [2.75, 3.05) is 10.6 Å². The minimum Gasteiger partial charge on any atom is -0.485 e. The Morgan fingerprint density at radius 2 is 2.13 bits per heavy atom. The lowest BCUT2D eigenvalue weighted by Crippen LogP contribution is -2.40. The maximum absolute atomic E-state index is 11.2. The van der Waals surface area contributed by atoms with Gasteiger partial charge in [0.25, 0.3) is 0 Å². The molecule has 2 aromatic rings. The van der Waals surface area contributed by atoms with Crippen LogP contribution in [-0.4, -0.2) is 17.7 Å². The van der Waals surface area contributed by atoms with Gasteiger partial charge >= 0.3 is 0 Å². The molecule has 0 saturated carbocycles. The highest BCUT2D eigenvalue weighted by Crippen LogP contribution is 2.43. The standard InChI is InChI=1S/C18H17N3O2/c1-10(22)20-11-6-7-15-16(8-11)23-17-9-14(19)12-4-2-3-5-13(12)18(17)21-15/h2-8,17-19,21H,9H2,1H3,(H,20,22). The number of hydrogen-bond acceptors (Lipinski definition) is 4. The third-order valence-corrected chi connectivity index (χ3v) is 4.29. The molecule has 1 aliphatic heterocycles. The smallest absolute Gasteiger partial charge is 0.221 e. The largest absolute Gasteiger partial charge is 0.485 e. The van der Waals surface area contributed by atoms with Gasteiger partial charge in [0.1, 0.15) is 11.9 Å². The molecule has 4 rings (SSSR count). The maximum Gasteiger partial charge on any atom is 0.221 e. The van der Waals surface area contributed by atoms with Gasteiger partial charge in [-0.25, -0.2) is 0 Å². The lowest BCUT2D eigenvalue weighted by atomic mass is 9.83. The van der Waals surface area contributed by atoms with Gasteiger partial charge in [0.2, 0.25) is 5.91 Å². The molecule has 1 amide bonds. The second-order valence-corrected chi connectivity index (χ2v) is 5.94. The fourth-order valence-electron chi connectivity index (χ4n) is 3.30. The van der Waals surface area contributed by atoms with Crippen LogP contribution in [-0.2, 0) is 4.79 Å². The van der Waals surface area contributed by atoms with Gasteiger partial charge in [-0.1, -0.05) is 24.3 Å². The van der Waals surface area contributed by atoms with E-state index < -0.39 is 0 Å². The second-order valence-electron chi connectivity index (χ2n) is 5.94. The van der Waals surface area contributed by atoms with E-state index in [1.165, 1.54) is 6.92 Å². The molecule has 1 aliphatic carbocycles. The van der Waals surface area contributed by atoms with E-state index in [1.807, 2.05) is 42.5 Å². The van der Waals surface area contributed by atoms with Crippen LogP contribution in [0, 0.1) is 5.41 Å². The van der Waals surface area contributed by atoms with Crippen molar-refractivity contribution < 1.29 is 9.53 Å². The number of hydrogen-bond donors (Lipinski definition) is 3. The fourth-order valence-corrected chi connectivity index (χ4v) is 3.30. The number of ether oxygens (including phenoxy) is 1. The first-order valence-corrected chi connectivity index (χ1v) is 7.63. The van der Waals surface area contributed by atoms with E-state index in [-0.39, 0.29) is 18.1 Å². The molecule has 0 bridgehead atoms. The third kappa shape index (κ3) is 2.34. The lowest BCUT2D eigenvalue weighted by molar-refractivity contribution is -0.114. The van der Waals surface area contributed by atoms with Gasteiger partial charge in [0, 0.05) is 36.4 Å². The molecule has 0 saturated heterocycles. The van der Waals surface area contributed by atoms with Gasteiger partial charge in [0.15, 0.2) is 0 Å². The highest BCUT2D eigenvalue weighted by atomic mass is 16.5. The van der Waals surface area contributed by atoms with Gasteiger partial charge in [-0.05, 0) is 17.7 Å². The minimum atomic E-state index is -0.113. The number of rotatable bonds is 1. The highest BCUT2D eigenvalue weighted by molar-refractivity contribution is 6.01. The number of carbonyl (C=O) groups is 1. The van der Waals surface area contributed by atoms with Crippen molar-refractivity contribution in [3.8, 4) is 5.75 Å². The van der Waals surface area contributed by atoms with Gasteiger partial charge in [-0.15, -0.1) is 0 Å². The monoisotopic (exact) mass is 307 g/mol. The molecule has 5 heteroatoms. The summed E-state index contributed by atoms with van der Waals surface area (Å²) >= 11 is 0. The van der Waals surface area contributed by atoms with Crippen LogP contribution in [0.1, 0.15) is 30.5 Å². The SMILES string of the molecule is CC(=O)Nc1ccc2c(c1)OC1CC(=N)c3ccccc3C1N2. The average Bonchev–Trinajstić information content (AvgIpc) is 2.53. The van der Waals surface area contributed by atoms with E-state index >= 15 is 0 Å². The van der Waals surface area contributed by atoms with E-state index in [0.29, 0.717) is 23.6 Å². The van der Waals surface area contributed by atoms with Crippen molar-refractivity contribution in [2.24, 2.45) is 0 Å². The van der Waals surface area contributed by atoms with Crippen molar-refractivity contribution in [2.45, 2.75) is 25.5 Å². The summed E-state index contributed by atoms with van der Waals surface area (Å²) in [6.07, 6.45) is 0.454. The molecule has 0 fully saturated rings. The number of amides is 1. The van der Waals surface area contributed by atoms with Crippen LogP contribution < -0.4 is 15.4 Å². The summed E-state index contributed by atoms with van der Waals surface area (Å²) in [6.45, 7) is 1.48. The molecule has 3 N–H and O–H groups in total. The predicted octanol–water partition coefficient (Wildman–Crippen LogP) is 3.33. The van der Waals surface area contributed by atoms with Gasteiger partial charge in [-0.3, -0.25) is 4.79 Å². The third-order valence-electron chi connectivity index (χ3n) is 4.29. The van der Waals surface area contributed by atoms with Crippen LogP contribution in [0.3, 0.4) is 0 Å². The van der Waals surface area contributed by atoms with Crippen LogP contribution in [0.4, 0.5) is 11.4 Å². The van der Waals surface area contributed by atoms with Crippen molar-refractivity contribution in [3.63, 3.8) is 0 Å². The van der Waals surface area contributed by atoms with Crippen LogP contribution in [0.25, 0.3) is 0 Å². The van der Waals surface area contributed by atoms with Gasteiger partial charge in [-0.2, -0.15) is 0 Å². The second kappa shape index (κ2) is 5.12. The Hall–Kier alpha value is -2.82. The van der Waals surface area contributed by atoms with Crippen LogP contribution in [0.2, 0.25) is 0 Å². The molecule has 5 nitrogen and oxygen atoms in total. The number of nitrogens with one attached hydrogen (secondary N) is 3. The quantitative estimate of drug-likeness (QED) is 0.756. The summed E-state index contributed by atoms with van der Waals surface area (Å²) in [5, 5.41) is 14.5. The molecule has 2 unspecified atom stereocenters. The van der Waals surface area contributed by atoms with Crippen molar-refractivity contribution in [1.82, 2.24) is 0 Å². The van der Waals surface area contributed by atoms with Crippen LogP contribution >= 0.6 is 0 Å². The summed E-state index contributed by atoms with van der Waals surface area (Å²) in [6, 6.07) is 13.6. The summed E-state index contributed by atoms with van der Waals surface area (Å²) < 4.78 is 6.13. The molecule has 2 aromatic carbocycles. The molecular weight excluding hydrogens is 290 g/mol. The number of fused-ring (bicyclic) bond motifs is 4. The average molecular weight is 307 g/mol. The molecule has 0 aromatic heterocycles. The molecule has 2 aliphatic rings. The number of carbonyl (C=O) groups excluding carboxylic acids is 1. The minimum absolute atomic E-state index is 0.0411. The summed E-state index contributed by atoms with van der Waals surface area (Å²) in [7, 11) is 0. The Bertz CT molecular complexity index is 816. The molecule has 116 valence electrons. The Morgan fingerprint density at radius 1 is 1.30 bits per heavy atom. The topological polar surface area (TPSA) is 74.2 Å². The van der Waals surface area contributed by atoms with Crippen LogP contribution in [0.5, 0.6) is 5.75 Å². The zero-order valence-corrected chi connectivity index (χ0v) is 12.7. The zero-order chi connectivity index (χ0) is 16.0. The van der Waals surface area contributed by atoms with Crippen molar-refractivity contribution >= 4 is 23.0 Å². The highest BCUT2D eigenvalue weighted by Gasteiger charge is 2.37. The zero-order valence-electron chi connectivity index (χ0n) is 12.7. The maximum atomic E-state index is 11.2. The van der Waals surface area contributed by atoms with Gasteiger partial charge in [0.05, 0.1) is 11.7 Å². The van der Waals surface area contributed by atoms with E-state index in [4.69, 9.17) is 10.1 Å². The van der Waals surface area contributed by atoms with Crippen molar-refractivity contribution in [1.29, 1.82) is 5.41 Å². The lowest BCUT2D eigenvalue weighted by Gasteiger charge is -2.39. The molecule has 0 spiro atoms. The Balaban J connectivity index is 1.71. The Labute approximate surface area is 134 Å². The molecule has 23 heavy (non-hydrogen) atoms. The van der Waals surface area contributed by atoms with Crippen molar-refractivity contribution in [3.05, 3.63) is 53.6 Å². The van der Waals surface area contributed by atoms with E-state index in [2.05, 4.69) is 10.6 Å². The predicted molar refractivity (Wildman–Crippen MR) is 89.4 cm³/mol. The normalized spacial score (nSPS) is 21.2. The molecular formula is C18H17N3O2. The first-order chi connectivity index (χ1) is 11.1. The summed E-state index contributed by atoms with van der Waals surface area (Å²) in [4.78, 5) is 11.2. The summed E-state index contributed by atoms with van der Waals surface area (Å²) in [5.41, 5.74) is 4.31. The van der Waals surface area contributed by atoms with Crippen LogP contribution in [0.15, 0.2) is 42.5 Å². The van der Waals surface area contributed by atoms with E-state index in [9.17, 15) is 4.79 Å². The Morgan fingerprint density at radius 3 is 2.96 bits per heavy atom. The molecule has 2 atom stereocenters. The first kappa shape index (κ1) is 13.8. The van der Waals surface area contributed by atoms with E-state index in [1.54, 1.807) is 0 Å². The fraction of sp³-hybridized carbons (Fsp3) is 0.222. The first-order valence-electron chi connectivity index (χ1n) is 7.63. The van der Waals surface area contributed by atoms with E-state index in [0.717, 1.165) is 16.8 Å².